The van der Waals surface area contributed by atoms with Crippen LogP contribution < -0.4 is 24.5 Å². The molecule has 1 unspecified atom stereocenters. The molecule has 0 bridgehead atoms. The predicted molar refractivity (Wildman–Crippen MR) is 161 cm³/mol. The van der Waals surface area contributed by atoms with Gasteiger partial charge in [-0.3, -0.25) is 9.36 Å². The molecule has 0 spiro atoms. The van der Waals surface area contributed by atoms with Crippen molar-refractivity contribution in [2.24, 2.45) is 4.99 Å². The van der Waals surface area contributed by atoms with Crippen LogP contribution in [-0.2, 0) is 16.1 Å². The minimum absolute atomic E-state index is 0.125. The third-order valence-corrected chi connectivity index (χ3v) is 8.27. The van der Waals surface area contributed by atoms with Gasteiger partial charge in [0.1, 0.15) is 28.9 Å². The van der Waals surface area contributed by atoms with E-state index in [4.69, 9.17) is 37.1 Å². The van der Waals surface area contributed by atoms with Gasteiger partial charge in [-0.05, 0) is 55.8 Å². The number of benzene rings is 2. The number of esters is 1. The second-order valence-electron chi connectivity index (χ2n) is 9.43. The predicted octanol–water partition coefficient (Wildman–Crippen LogP) is 5.34. The van der Waals surface area contributed by atoms with Crippen molar-refractivity contribution in [2.75, 3.05) is 25.6 Å². The molecule has 0 saturated carbocycles. The van der Waals surface area contributed by atoms with Gasteiger partial charge in [-0.15, -0.1) is 0 Å². The molecule has 11 heteroatoms. The lowest BCUT2D eigenvalue weighted by Gasteiger charge is -2.25. The average Bonchev–Trinajstić information content (AvgIpc) is 3.52. The van der Waals surface area contributed by atoms with Gasteiger partial charge in [0.25, 0.3) is 5.56 Å². The summed E-state index contributed by atoms with van der Waals surface area (Å²) in [6, 6.07) is 15.7. The lowest BCUT2D eigenvalue weighted by molar-refractivity contribution is -0.139. The first-order valence-electron chi connectivity index (χ1n) is 12.8. The van der Waals surface area contributed by atoms with Crippen molar-refractivity contribution in [3.05, 3.63) is 113 Å². The second-order valence-corrected chi connectivity index (χ2v) is 11.2. The van der Waals surface area contributed by atoms with Gasteiger partial charge in [-0.25, -0.2) is 9.79 Å². The molecule has 8 nitrogen and oxygen atoms in total. The van der Waals surface area contributed by atoms with Crippen molar-refractivity contribution < 1.29 is 18.7 Å². The van der Waals surface area contributed by atoms with Crippen molar-refractivity contribution in [3.63, 3.8) is 0 Å². The highest BCUT2D eigenvalue weighted by atomic mass is 35.5. The largest absolute Gasteiger partial charge is 0.484 e. The Hall–Kier alpha value is -3.79. The number of ether oxygens (including phenoxy) is 2. The Labute approximate surface area is 250 Å². The summed E-state index contributed by atoms with van der Waals surface area (Å²) >= 11 is 13.5. The van der Waals surface area contributed by atoms with Crippen molar-refractivity contribution in [1.82, 2.24) is 4.57 Å². The van der Waals surface area contributed by atoms with Gasteiger partial charge in [0, 0.05) is 25.9 Å². The Kier molecular flexibility index (Phi) is 8.40. The third kappa shape index (κ3) is 5.84. The molecule has 0 N–H and O–H groups in total. The highest BCUT2D eigenvalue weighted by molar-refractivity contribution is 7.07. The molecule has 0 fully saturated rings. The fourth-order valence-corrected chi connectivity index (χ4v) is 5.86. The maximum atomic E-state index is 13.8. The Bertz CT molecular complexity index is 1820. The summed E-state index contributed by atoms with van der Waals surface area (Å²) in [7, 11) is 3.90. The fraction of sp³-hybridized carbons (Fsp3) is 0.233. The molecular weight excluding hydrogens is 585 g/mol. The number of nitrogens with zero attached hydrogens (tertiary/aromatic N) is 3. The number of allylic oxidation sites excluding steroid dienone is 1. The van der Waals surface area contributed by atoms with Crippen molar-refractivity contribution >= 4 is 52.3 Å². The molecule has 41 heavy (non-hydrogen) atoms. The summed E-state index contributed by atoms with van der Waals surface area (Å²) in [5, 5.41) is 0.721. The van der Waals surface area contributed by atoms with Crippen LogP contribution in [0.2, 0.25) is 10.0 Å². The monoisotopic (exact) mass is 611 g/mol. The quantitative estimate of drug-likeness (QED) is 0.250. The summed E-state index contributed by atoms with van der Waals surface area (Å²) < 4.78 is 19.0. The van der Waals surface area contributed by atoms with E-state index in [9.17, 15) is 9.59 Å². The molecule has 5 rings (SSSR count). The van der Waals surface area contributed by atoms with E-state index in [2.05, 4.69) is 4.99 Å². The van der Waals surface area contributed by atoms with Crippen molar-refractivity contribution in [3.8, 4) is 5.75 Å². The number of fused-ring (bicyclic) bond motifs is 1. The molecule has 3 heterocycles. The van der Waals surface area contributed by atoms with E-state index in [0.717, 1.165) is 11.3 Å². The molecule has 1 aliphatic rings. The zero-order valence-corrected chi connectivity index (χ0v) is 25.1. The number of furan rings is 1. The molecular formula is C30H27Cl2N3O5S. The van der Waals surface area contributed by atoms with Gasteiger partial charge in [0.05, 0.1) is 33.5 Å². The minimum atomic E-state index is -0.688. The number of aromatic nitrogens is 1. The van der Waals surface area contributed by atoms with Crippen LogP contribution in [0.3, 0.4) is 0 Å². The molecule has 1 atom stereocenters. The first kappa shape index (κ1) is 28.7. The minimum Gasteiger partial charge on any atom is -0.484 e. The molecule has 0 saturated heterocycles. The number of anilines is 1. The van der Waals surface area contributed by atoms with E-state index in [1.165, 1.54) is 11.3 Å². The molecule has 212 valence electrons. The standard InChI is InChI=1S/C30H27Cl2N3O5S/c1-5-38-29(37)25-17(2)33-30-35(27(25)18-9-11-19(12-10-18)34(3)4)28(36)24(41-30)15-20-13-14-21(40-20)16-39-23-8-6-7-22(31)26(23)32/h6-15,27H,5,16H2,1-4H3. The maximum Gasteiger partial charge on any atom is 0.338 e. The number of hydrogen-bond acceptors (Lipinski definition) is 8. The zero-order chi connectivity index (χ0) is 29.3. The Morgan fingerprint density at radius 2 is 1.90 bits per heavy atom. The van der Waals surface area contributed by atoms with Crippen LogP contribution in [0.1, 0.15) is 37.0 Å². The molecule has 0 radical (unpaired) electrons. The van der Waals surface area contributed by atoms with E-state index < -0.39 is 12.0 Å². The van der Waals surface area contributed by atoms with E-state index in [0.29, 0.717) is 47.9 Å². The molecule has 1 aliphatic heterocycles. The van der Waals surface area contributed by atoms with Gasteiger partial charge in [-0.2, -0.15) is 0 Å². The fourth-order valence-electron chi connectivity index (χ4n) is 4.48. The van der Waals surface area contributed by atoms with E-state index in [1.807, 2.05) is 43.3 Å². The summed E-state index contributed by atoms with van der Waals surface area (Å²) in [4.78, 5) is 34.0. The van der Waals surface area contributed by atoms with Crippen LogP contribution in [0, 0.1) is 0 Å². The van der Waals surface area contributed by atoms with Crippen LogP contribution >= 0.6 is 34.5 Å². The number of halogens is 2. The van der Waals surface area contributed by atoms with E-state index in [-0.39, 0.29) is 18.8 Å². The molecule has 2 aromatic heterocycles. The Balaban J connectivity index is 1.51. The van der Waals surface area contributed by atoms with Gasteiger partial charge in [-0.1, -0.05) is 52.7 Å². The maximum absolute atomic E-state index is 13.8. The van der Waals surface area contributed by atoms with Gasteiger partial charge < -0.3 is 18.8 Å². The van der Waals surface area contributed by atoms with Crippen LogP contribution in [0.5, 0.6) is 5.75 Å². The van der Waals surface area contributed by atoms with E-state index >= 15 is 0 Å². The molecule has 2 aromatic carbocycles. The van der Waals surface area contributed by atoms with Gasteiger partial charge in [0.15, 0.2) is 4.80 Å². The van der Waals surface area contributed by atoms with Gasteiger partial charge >= 0.3 is 5.97 Å². The van der Waals surface area contributed by atoms with Crippen molar-refractivity contribution in [2.45, 2.75) is 26.5 Å². The molecule has 0 amide bonds. The van der Waals surface area contributed by atoms with Crippen LogP contribution in [0.4, 0.5) is 5.69 Å². The topological polar surface area (TPSA) is 86.3 Å². The third-order valence-electron chi connectivity index (χ3n) is 6.48. The zero-order valence-electron chi connectivity index (χ0n) is 22.8. The summed E-state index contributed by atoms with van der Waals surface area (Å²) in [6.45, 7) is 3.84. The number of carbonyl (C=O) groups excluding carboxylic acids is 1. The normalized spacial score (nSPS) is 15.0. The highest BCUT2D eigenvalue weighted by Gasteiger charge is 2.33. The smallest absolute Gasteiger partial charge is 0.338 e. The Morgan fingerprint density at radius 1 is 1.15 bits per heavy atom. The first-order chi connectivity index (χ1) is 19.7. The SMILES string of the molecule is CCOC(=O)C1=C(C)N=c2sc(=Cc3ccc(COc4cccc(Cl)c4Cl)o3)c(=O)n2C1c1ccc(N(C)C)cc1. The summed E-state index contributed by atoms with van der Waals surface area (Å²) in [5.74, 6) is 0.954. The average molecular weight is 613 g/mol. The second kappa shape index (κ2) is 12.0. The first-order valence-corrected chi connectivity index (χ1v) is 14.4. The summed E-state index contributed by atoms with van der Waals surface area (Å²) in [5.41, 5.74) is 2.33. The van der Waals surface area contributed by atoms with Crippen LogP contribution in [0.15, 0.2) is 80.1 Å². The lowest BCUT2D eigenvalue weighted by Crippen LogP contribution is -2.39. The van der Waals surface area contributed by atoms with Crippen LogP contribution in [-0.4, -0.2) is 31.2 Å². The lowest BCUT2D eigenvalue weighted by atomic mass is 9.95. The Morgan fingerprint density at radius 3 is 2.61 bits per heavy atom. The van der Waals surface area contributed by atoms with E-state index in [1.54, 1.807) is 54.8 Å². The van der Waals surface area contributed by atoms with Crippen LogP contribution in [0.25, 0.3) is 6.08 Å². The van der Waals surface area contributed by atoms with Crippen molar-refractivity contribution in [1.29, 1.82) is 0 Å². The van der Waals surface area contributed by atoms with Gasteiger partial charge in [0.2, 0.25) is 0 Å². The highest BCUT2D eigenvalue weighted by Crippen LogP contribution is 2.33. The molecule has 0 aliphatic carbocycles. The number of hydrogen-bond donors (Lipinski definition) is 0. The number of rotatable bonds is 8. The molecule has 4 aromatic rings. The summed E-state index contributed by atoms with van der Waals surface area (Å²) in [6.07, 6.45) is 1.66. The number of carbonyl (C=O) groups is 1. The number of thiazole rings is 1.